The van der Waals surface area contributed by atoms with Crippen LogP contribution in [0.4, 0.5) is 0 Å². The first kappa shape index (κ1) is 23.3. The van der Waals surface area contributed by atoms with Crippen molar-refractivity contribution in [2.75, 3.05) is 13.2 Å². The average molecular weight is 458 g/mol. The van der Waals surface area contributed by atoms with E-state index in [1.54, 1.807) is 42.5 Å². The molecule has 0 radical (unpaired) electrons. The Bertz CT molecular complexity index is 844. The van der Waals surface area contributed by atoms with Crippen molar-refractivity contribution in [3.05, 3.63) is 63.1 Å². The summed E-state index contributed by atoms with van der Waals surface area (Å²) in [6.07, 6.45) is 0.458. The quantitative estimate of drug-likeness (QED) is 0.578. The monoisotopic (exact) mass is 456 g/mol. The molecule has 2 aromatic carbocycles. The smallest absolute Gasteiger partial charge is 0.261 e. The van der Waals surface area contributed by atoms with Crippen LogP contribution in [-0.2, 0) is 16.1 Å². The molecule has 0 heterocycles. The van der Waals surface area contributed by atoms with Crippen molar-refractivity contribution in [1.29, 1.82) is 0 Å². The lowest BCUT2D eigenvalue weighted by Gasteiger charge is -2.30. The Balaban J connectivity index is 2.21. The molecule has 8 heteroatoms. The fraction of sp³-hybridized carbons (Fsp3) is 0.333. The standard InChI is InChI=1S/C21H23Cl3N2O3/c1-3-19(21(28)25-4-2)26(12-14-5-10-17(23)18(24)11-14)20(27)13-29-16-8-6-15(22)7-9-16/h5-11,19H,3-4,12-13H2,1-2H3,(H,25,28). The maximum atomic E-state index is 13.0. The number of nitrogens with one attached hydrogen (secondary N) is 1. The highest BCUT2D eigenvalue weighted by Gasteiger charge is 2.28. The van der Waals surface area contributed by atoms with E-state index in [-0.39, 0.29) is 25.0 Å². The van der Waals surface area contributed by atoms with Gasteiger partial charge in [0.1, 0.15) is 11.8 Å². The Kier molecular flexibility index (Phi) is 9.08. The van der Waals surface area contributed by atoms with Crippen LogP contribution in [0.2, 0.25) is 15.1 Å². The highest BCUT2D eigenvalue weighted by molar-refractivity contribution is 6.42. The number of hydrogen-bond donors (Lipinski definition) is 1. The van der Waals surface area contributed by atoms with Crippen LogP contribution in [0.3, 0.4) is 0 Å². The van der Waals surface area contributed by atoms with Crippen molar-refractivity contribution in [3.8, 4) is 5.75 Å². The van der Waals surface area contributed by atoms with Crippen molar-refractivity contribution >= 4 is 46.6 Å². The SMILES string of the molecule is CCNC(=O)C(CC)N(Cc1ccc(Cl)c(Cl)c1)C(=O)COc1ccc(Cl)cc1. The fourth-order valence-corrected chi connectivity index (χ4v) is 3.25. The van der Waals surface area contributed by atoms with Crippen molar-refractivity contribution in [2.24, 2.45) is 0 Å². The van der Waals surface area contributed by atoms with E-state index in [1.165, 1.54) is 4.90 Å². The van der Waals surface area contributed by atoms with Crippen molar-refractivity contribution in [2.45, 2.75) is 32.9 Å². The lowest BCUT2D eigenvalue weighted by Crippen LogP contribution is -2.50. The Morgan fingerprint density at radius 3 is 2.31 bits per heavy atom. The number of benzene rings is 2. The van der Waals surface area contributed by atoms with E-state index in [2.05, 4.69) is 5.32 Å². The van der Waals surface area contributed by atoms with E-state index in [1.807, 2.05) is 13.8 Å². The molecule has 0 saturated heterocycles. The number of carbonyl (C=O) groups excluding carboxylic acids is 2. The zero-order chi connectivity index (χ0) is 21.4. The Morgan fingerprint density at radius 2 is 1.72 bits per heavy atom. The number of halogens is 3. The molecule has 2 aromatic rings. The molecule has 0 aliphatic heterocycles. The van der Waals surface area contributed by atoms with E-state index in [0.717, 1.165) is 5.56 Å². The molecule has 5 nitrogen and oxygen atoms in total. The van der Waals surface area contributed by atoms with Gasteiger partial charge in [0.2, 0.25) is 5.91 Å². The number of amides is 2. The van der Waals surface area contributed by atoms with Crippen LogP contribution >= 0.6 is 34.8 Å². The first-order valence-electron chi connectivity index (χ1n) is 9.25. The van der Waals surface area contributed by atoms with Gasteiger partial charge in [-0.3, -0.25) is 9.59 Å². The molecule has 0 spiro atoms. The predicted octanol–water partition coefficient (Wildman–Crippen LogP) is 4.97. The topological polar surface area (TPSA) is 58.6 Å². The van der Waals surface area contributed by atoms with Gasteiger partial charge in [-0.05, 0) is 55.3 Å². The maximum Gasteiger partial charge on any atom is 0.261 e. The lowest BCUT2D eigenvalue weighted by atomic mass is 10.1. The number of carbonyl (C=O) groups is 2. The molecule has 1 atom stereocenters. The van der Waals surface area contributed by atoms with Gasteiger partial charge in [0.25, 0.3) is 5.91 Å². The van der Waals surface area contributed by atoms with E-state index in [9.17, 15) is 9.59 Å². The highest BCUT2D eigenvalue weighted by atomic mass is 35.5. The minimum atomic E-state index is -0.634. The summed E-state index contributed by atoms with van der Waals surface area (Å²) >= 11 is 18.0. The molecule has 0 bridgehead atoms. The van der Waals surface area contributed by atoms with Gasteiger partial charge in [-0.15, -0.1) is 0 Å². The van der Waals surface area contributed by atoms with Crippen LogP contribution in [0, 0.1) is 0 Å². The van der Waals surface area contributed by atoms with Gasteiger partial charge in [-0.1, -0.05) is 47.8 Å². The van der Waals surface area contributed by atoms with Gasteiger partial charge in [-0.2, -0.15) is 0 Å². The second-order valence-electron chi connectivity index (χ2n) is 6.33. The lowest BCUT2D eigenvalue weighted by molar-refractivity contribution is -0.142. The molecule has 2 rings (SSSR count). The van der Waals surface area contributed by atoms with Crippen LogP contribution in [0.25, 0.3) is 0 Å². The Hall–Kier alpha value is -1.95. The first-order chi connectivity index (χ1) is 13.8. The first-order valence-corrected chi connectivity index (χ1v) is 10.4. The number of nitrogens with zero attached hydrogens (tertiary/aromatic N) is 1. The highest BCUT2D eigenvalue weighted by Crippen LogP contribution is 2.24. The Morgan fingerprint density at radius 1 is 1.03 bits per heavy atom. The molecular formula is C21H23Cl3N2O3. The minimum Gasteiger partial charge on any atom is -0.484 e. The van der Waals surface area contributed by atoms with Gasteiger partial charge >= 0.3 is 0 Å². The molecule has 1 unspecified atom stereocenters. The number of rotatable bonds is 9. The zero-order valence-electron chi connectivity index (χ0n) is 16.3. The van der Waals surface area contributed by atoms with E-state index in [4.69, 9.17) is 39.5 Å². The van der Waals surface area contributed by atoms with Gasteiger partial charge in [-0.25, -0.2) is 0 Å². The van der Waals surface area contributed by atoms with Crippen molar-refractivity contribution in [3.63, 3.8) is 0 Å². The summed E-state index contributed by atoms with van der Waals surface area (Å²) in [6, 6.07) is 11.2. The number of likely N-dealkylation sites (N-methyl/N-ethyl adjacent to an activating group) is 1. The molecule has 156 valence electrons. The van der Waals surface area contributed by atoms with Gasteiger partial charge in [0.15, 0.2) is 6.61 Å². The summed E-state index contributed by atoms with van der Waals surface area (Å²) in [7, 11) is 0. The molecular weight excluding hydrogens is 435 g/mol. The van der Waals surface area contributed by atoms with E-state index >= 15 is 0 Å². The summed E-state index contributed by atoms with van der Waals surface area (Å²) < 4.78 is 5.59. The van der Waals surface area contributed by atoms with E-state index < -0.39 is 6.04 Å². The maximum absolute atomic E-state index is 13.0. The Labute approximate surface area is 185 Å². The summed E-state index contributed by atoms with van der Waals surface area (Å²) in [5.41, 5.74) is 0.766. The predicted molar refractivity (Wildman–Crippen MR) is 117 cm³/mol. The number of ether oxygens (including phenoxy) is 1. The van der Waals surface area contributed by atoms with Crippen LogP contribution in [0.1, 0.15) is 25.8 Å². The van der Waals surface area contributed by atoms with Gasteiger partial charge in [0, 0.05) is 18.1 Å². The second-order valence-corrected chi connectivity index (χ2v) is 7.58. The van der Waals surface area contributed by atoms with Crippen molar-refractivity contribution in [1.82, 2.24) is 10.2 Å². The summed E-state index contributed by atoms with van der Waals surface area (Å²) in [4.78, 5) is 27.0. The van der Waals surface area contributed by atoms with Crippen molar-refractivity contribution < 1.29 is 14.3 Å². The average Bonchev–Trinajstić information content (AvgIpc) is 2.70. The molecule has 1 N–H and O–H groups in total. The zero-order valence-corrected chi connectivity index (χ0v) is 18.5. The molecule has 0 fully saturated rings. The molecule has 0 saturated carbocycles. The summed E-state index contributed by atoms with van der Waals surface area (Å²) in [5, 5.41) is 4.17. The van der Waals surface area contributed by atoms with Crippen LogP contribution in [0.5, 0.6) is 5.75 Å². The molecule has 29 heavy (non-hydrogen) atoms. The summed E-state index contributed by atoms with van der Waals surface area (Å²) in [5.74, 6) is -0.0117. The second kappa shape index (κ2) is 11.3. The molecule has 2 amide bonds. The fourth-order valence-electron chi connectivity index (χ4n) is 2.81. The van der Waals surface area contributed by atoms with Crippen LogP contribution < -0.4 is 10.1 Å². The van der Waals surface area contributed by atoms with Crippen LogP contribution in [-0.4, -0.2) is 35.9 Å². The minimum absolute atomic E-state index is 0.204. The summed E-state index contributed by atoms with van der Waals surface area (Å²) in [6.45, 7) is 4.16. The number of hydrogen-bond acceptors (Lipinski definition) is 3. The van der Waals surface area contributed by atoms with Gasteiger partial charge in [0.05, 0.1) is 10.0 Å². The molecule has 0 aliphatic rings. The third-order valence-corrected chi connectivity index (χ3v) is 5.24. The third-order valence-electron chi connectivity index (χ3n) is 4.25. The van der Waals surface area contributed by atoms with E-state index in [0.29, 0.717) is 33.8 Å². The van der Waals surface area contributed by atoms with Crippen LogP contribution in [0.15, 0.2) is 42.5 Å². The largest absolute Gasteiger partial charge is 0.484 e. The van der Waals surface area contributed by atoms with Gasteiger partial charge < -0.3 is 15.0 Å². The molecule has 0 aliphatic carbocycles. The normalized spacial score (nSPS) is 11.6. The third kappa shape index (κ3) is 6.81. The molecule has 0 aromatic heterocycles.